The maximum absolute atomic E-state index is 13.8. The standard InChI is InChI=1S/C40H45F2N9O3/c1-25-5-4-16-54-39-33(23-43-47(39)3)35-18-28(17-26(2)44-35)37(52)46-40-45-34-7-6-31(22-36(34)51(40)24-25)48-10-8-27(9-11-48)38(53)50-14-12-49(13-15-50)32-20-29(41)19-30(42)21-32/h6-7,17-23,25,27H,4-5,8-16,24H2,1-3H3,(H,45,46,52)/t25-/m1/s1. The molecule has 2 bridgehead atoms. The van der Waals surface area contributed by atoms with Gasteiger partial charge < -0.3 is 24.0 Å². The molecule has 2 fully saturated rings. The Morgan fingerprint density at radius 3 is 2.39 bits per heavy atom. The van der Waals surface area contributed by atoms with Gasteiger partial charge in [-0.1, -0.05) is 6.92 Å². The number of piperidine rings is 1. The van der Waals surface area contributed by atoms with E-state index in [2.05, 4.69) is 38.9 Å². The first-order valence-electron chi connectivity index (χ1n) is 18.8. The summed E-state index contributed by atoms with van der Waals surface area (Å²) in [4.78, 5) is 43.1. The number of nitrogens with one attached hydrogen (secondary N) is 1. The molecule has 2 amide bonds. The smallest absolute Gasteiger partial charge is 0.258 e. The first-order valence-corrected chi connectivity index (χ1v) is 18.8. The van der Waals surface area contributed by atoms with E-state index >= 15 is 0 Å². The van der Waals surface area contributed by atoms with E-state index in [1.165, 1.54) is 12.1 Å². The molecule has 8 rings (SSSR count). The van der Waals surface area contributed by atoms with Crippen molar-refractivity contribution in [2.24, 2.45) is 18.9 Å². The average molecular weight is 738 g/mol. The first kappa shape index (κ1) is 35.5. The summed E-state index contributed by atoms with van der Waals surface area (Å²) in [7, 11) is 1.84. The van der Waals surface area contributed by atoms with E-state index in [-0.39, 0.29) is 23.7 Å². The van der Waals surface area contributed by atoms with Crippen LogP contribution in [-0.4, -0.2) is 86.9 Å². The van der Waals surface area contributed by atoms with E-state index in [0.29, 0.717) is 73.8 Å². The van der Waals surface area contributed by atoms with Crippen molar-refractivity contribution in [3.63, 3.8) is 0 Å². The lowest BCUT2D eigenvalue weighted by Gasteiger charge is -2.39. The zero-order valence-corrected chi connectivity index (χ0v) is 30.9. The Morgan fingerprint density at radius 2 is 1.63 bits per heavy atom. The van der Waals surface area contributed by atoms with Crippen LogP contribution in [-0.2, 0) is 18.4 Å². The van der Waals surface area contributed by atoms with Crippen LogP contribution in [0.25, 0.3) is 22.3 Å². The molecule has 6 heterocycles. The van der Waals surface area contributed by atoms with Gasteiger partial charge in [0.2, 0.25) is 17.7 Å². The summed E-state index contributed by atoms with van der Waals surface area (Å²) in [6.45, 7) is 8.84. The molecule has 0 unspecified atom stereocenters. The normalized spacial score (nSPS) is 18.7. The molecule has 14 heteroatoms. The number of hydrogen-bond donors (Lipinski definition) is 1. The Balaban J connectivity index is 0.977. The Kier molecular flexibility index (Phi) is 9.67. The Bertz CT molecular complexity index is 2180. The summed E-state index contributed by atoms with van der Waals surface area (Å²) < 4.78 is 37.6. The highest BCUT2D eigenvalue weighted by molar-refractivity contribution is 6.05. The lowest BCUT2D eigenvalue weighted by atomic mass is 9.94. The highest BCUT2D eigenvalue weighted by atomic mass is 19.1. The zero-order valence-electron chi connectivity index (χ0n) is 30.9. The molecule has 2 saturated heterocycles. The molecule has 0 spiro atoms. The minimum absolute atomic E-state index is 0.0715. The van der Waals surface area contributed by atoms with Crippen LogP contribution < -0.4 is 19.9 Å². The number of ether oxygens (including phenoxy) is 1. The number of amides is 2. The predicted molar refractivity (Wildman–Crippen MR) is 203 cm³/mol. The maximum Gasteiger partial charge on any atom is 0.258 e. The monoisotopic (exact) mass is 737 g/mol. The lowest BCUT2D eigenvalue weighted by molar-refractivity contribution is -0.136. The molecule has 12 nitrogen and oxygen atoms in total. The number of carbonyl (C=O) groups excluding carboxylic acids is 2. The van der Waals surface area contributed by atoms with Crippen LogP contribution in [0.3, 0.4) is 0 Å². The fraction of sp³-hybridized carbons (Fsp3) is 0.425. The molecule has 3 aliphatic rings. The van der Waals surface area contributed by atoms with Crippen LogP contribution in [0.1, 0.15) is 48.7 Å². The van der Waals surface area contributed by atoms with E-state index in [4.69, 9.17) is 14.7 Å². The molecule has 1 N–H and O–H groups in total. The molecule has 5 aromatic rings. The highest BCUT2D eigenvalue weighted by Crippen LogP contribution is 2.33. The summed E-state index contributed by atoms with van der Waals surface area (Å²) in [5.41, 5.74) is 5.83. The van der Waals surface area contributed by atoms with Gasteiger partial charge in [0.25, 0.3) is 5.91 Å². The summed E-state index contributed by atoms with van der Waals surface area (Å²) in [5, 5.41) is 7.51. The van der Waals surface area contributed by atoms with Gasteiger partial charge in [-0.3, -0.25) is 19.9 Å². The number of aryl methyl sites for hydroxylation is 2. The van der Waals surface area contributed by atoms with Crippen LogP contribution in [0.2, 0.25) is 0 Å². The zero-order chi connectivity index (χ0) is 37.5. The van der Waals surface area contributed by atoms with Gasteiger partial charge in [0.05, 0.1) is 35.1 Å². The summed E-state index contributed by atoms with van der Waals surface area (Å²) in [6, 6.07) is 13.3. The third kappa shape index (κ3) is 7.21. The number of benzene rings is 2. The van der Waals surface area contributed by atoms with Crippen molar-refractivity contribution in [1.82, 2.24) is 29.2 Å². The fourth-order valence-corrected chi connectivity index (χ4v) is 8.03. The lowest BCUT2D eigenvalue weighted by Crippen LogP contribution is -2.51. The number of nitrogens with zero attached hydrogens (tertiary/aromatic N) is 8. The molecule has 282 valence electrons. The SMILES string of the molecule is Cc1cc2cc(n1)-c1cnn(C)c1OCCC[C@@H](C)Cn1c(nc3ccc(N4CCC(C(=O)N5CCN(c6cc(F)cc(F)c6)CC5)CC4)cc31)NC2=O. The molecular weight excluding hydrogens is 692 g/mol. The van der Waals surface area contributed by atoms with Crippen molar-refractivity contribution < 1.29 is 23.1 Å². The number of piperazine rings is 1. The second-order valence-electron chi connectivity index (χ2n) is 14.8. The number of carbonyl (C=O) groups is 2. The van der Waals surface area contributed by atoms with Gasteiger partial charge in [-0.15, -0.1) is 0 Å². The topological polar surface area (TPSA) is 114 Å². The fourth-order valence-electron chi connectivity index (χ4n) is 8.03. The van der Waals surface area contributed by atoms with Crippen LogP contribution in [0.5, 0.6) is 5.88 Å². The Labute approximate surface area is 312 Å². The second-order valence-corrected chi connectivity index (χ2v) is 14.8. The van der Waals surface area contributed by atoms with Crippen LogP contribution >= 0.6 is 0 Å². The van der Waals surface area contributed by atoms with E-state index in [0.717, 1.165) is 67.1 Å². The van der Waals surface area contributed by atoms with Crippen molar-refractivity contribution in [3.8, 4) is 17.1 Å². The van der Waals surface area contributed by atoms with Crippen LogP contribution in [0.15, 0.2) is 54.7 Å². The average Bonchev–Trinajstić information content (AvgIpc) is 3.70. The van der Waals surface area contributed by atoms with Crippen LogP contribution in [0, 0.1) is 30.4 Å². The molecule has 0 radical (unpaired) electrons. The second kappa shape index (κ2) is 14.7. The minimum atomic E-state index is -0.600. The molecule has 1 atom stereocenters. The number of pyridine rings is 1. The summed E-state index contributed by atoms with van der Waals surface area (Å²) in [6.07, 6.45) is 4.94. The number of aromatic nitrogens is 5. The third-order valence-electron chi connectivity index (χ3n) is 10.9. The number of halogens is 2. The number of fused-ring (bicyclic) bond motifs is 7. The van der Waals surface area contributed by atoms with Gasteiger partial charge in [0.15, 0.2) is 0 Å². The van der Waals surface area contributed by atoms with E-state index in [1.807, 2.05) is 29.8 Å². The molecule has 3 aliphatic heterocycles. The quantitative estimate of drug-likeness (QED) is 0.239. The van der Waals surface area contributed by atoms with Crippen molar-refractivity contribution in [2.75, 3.05) is 61.0 Å². The number of rotatable bonds is 3. The highest BCUT2D eigenvalue weighted by Gasteiger charge is 2.31. The number of imidazole rings is 1. The molecular formula is C40H45F2N9O3. The van der Waals surface area contributed by atoms with Crippen molar-refractivity contribution in [1.29, 1.82) is 0 Å². The van der Waals surface area contributed by atoms with E-state index in [1.54, 1.807) is 23.0 Å². The Morgan fingerprint density at radius 1 is 0.889 bits per heavy atom. The van der Waals surface area contributed by atoms with Crippen molar-refractivity contribution in [3.05, 3.63) is 77.6 Å². The van der Waals surface area contributed by atoms with E-state index < -0.39 is 11.6 Å². The van der Waals surface area contributed by atoms with Gasteiger partial charge in [-0.25, -0.2) is 18.4 Å². The van der Waals surface area contributed by atoms with Gasteiger partial charge in [0.1, 0.15) is 11.6 Å². The summed E-state index contributed by atoms with van der Waals surface area (Å²) >= 11 is 0. The van der Waals surface area contributed by atoms with Gasteiger partial charge in [-0.05, 0) is 81.0 Å². The molecule has 0 saturated carbocycles. The van der Waals surface area contributed by atoms with Gasteiger partial charge in [-0.2, -0.15) is 5.10 Å². The number of hydrogen-bond acceptors (Lipinski definition) is 8. The van der Waals surface area contributed by atoms with Crippen molar-refractivity contribution in [2.45, 2.75) is 46.1 Å². The third-order valence-corrected chi connectivity index (χ3v) is 10.9. The minimum Gasteiger partial charge on any atom is -0.477 e. The number of anilines is 3. The molecule has 54 heavy (non-hydrogen) atoms. The Hall–Kier alpha value is -5.53. The van der Waals surface area contributed by atoms with E-state index in [9.17, 15) is 18.4 Å². The first-order chi connectivity index (χ1) is 26.1. The van der Waals surface area contributed by atoms with Gasteiger partial charge in [0, 0.05) is 87.5 Å². The predicted octanol–water partition coefficient (Wildman–Crippen LogP) is 6.04. The largest absolute Gasteiger partial charge is 0.477 e. The van der Waals surface area contributed by atoms with Crippen molar-refractivity contribution >= 4 is 40.2 Å². The molecule has 2 aromatic carbocycles. The summed E-state index contributed by atoms with van der Waals surface area (Å²) in [5.74, 6) is -0.00291. The van der Waals surface area contributed by atoms with Crippen LogP contribution in [0.4, 0.5) is 26.1 Å². The maximum atomic E-state index is 13.8. The molecule has 0 aliphatic carbocycles. The molecule has 3 aromatic heterocycles. The van der Waals surface area contributed by atoms with Gasteiger partial charge >= 0.3 is 0 Å².